The number of carboxylic acids is 1. The molecule has 6 heteroatoms. The van der Waals surface area contributed by atoms with Gasteiger partial charge in [-0.2, -0.15) is 0 Å². The van der Waals surface area contributed by atoms with Crippen molar-refractivity contribution in [2.24, 2.45) is 5.92 Å². The Morgan fingerprint density at radius 1 is 1.41 bits per heavy atom. The van der Waals surface area contributed by atoms with Crippen LogP contribution in [0.3, 0.4) is 0 Å². The van der Waals surface area contributed by atoms with E-state index in [0.29, 0.717) is 23.5 Å². The van der Waals surface area contributed by atoms with Gasteiger partial charge in [-0.15, -0.1) is 0 Å². The lowest BCUT2D eigenvalue weighted by Gasteiger charge is -2.15. The molecule has 1 amide bonds. The largest absolute Gasteiger partial charge is 0.481 e. The van der Waals surface area contributed by atoms with Gasteiger partial charge in [0.15, 0.2) is 0 Å². The number of carbonyl (C=O) groups excluding carboxylic acids is 1. The zero-order valence-corrected chi connectivity index (χ0v) is 12.8. The van der Waals surface area contributed by atoms with Crippen LogP contribution in [0.2, 0.25) is 0 Å². The highest BCUT2D eigenvalue weighted by Crippen LogP contribution is 2.31. The summed E-state index contributed by atoms with van der Waals surface area (Å²) in [4.78, 5) is 22.7. The first-order chi connectivity index (χ1) is 10.5. The van der Waals surface area contributed by atoms with Gasteiger partial charge in [-0.1, -0.05) is 12.8 Å². The monoisotopic (exact) mass is 305 g/mol. The minimum Gasteiger partial charge on any atom is -0.481 e. The average Bonchev–Trinajstić information content (AvgIpc) is 3.24. The van der Waals surface area contributed by atoms with Crippen LogP contribution in [0, 0.1) is 5.92 Å². The van der Waals surface area contributed by atoms with Crippen LogP contribution < -0.4 is 16.4 Å². The lowest BCUT2D eigenvalue weighted by atomic mass is 10.1. The Kier molecular flexibility index (Phi) is 5.25. The van der Waals surface area contributed by atoms with Gasteiger partial charge in [-0.25, -0.2) is 0 Å². The van der Waals surface area contributed by atoms with Gasteiger partial charge in [0.25, 0.3) is 5.91 Å². The van der Waals surface area contributed by atoms with Crippen LogP contribution in [0.15, 0.2) is 18.2 Å². The summed E-state index contributed by atoms with van der Waals surface area (Å²) < 4.78 is 0. The minimum atomic E-state index is -0.870. The number of aliphatic carboxylic acids is 1. The van der Waals surface area contributed by atoms with Crippen molar-refractivity contribution in [1.29, 1.82) is 0 Å². The maximum absolute atomic E-state index is 12.0. The highest BCUT2D eigenvalue weighted by molar-refractivity contribution is 5.96. The summed E-state index contributed by atoms with van der Waals surface area (Å²) in [7, 11) is 0. The number of anilines is 2. The first-order valence-electron chi connectivity index (χ1n) is 7.61. The third-order valence-corrected chi connectivity index (χ3v) is 3.73. The molecule has 0 saturated heterocycles. The summed E-state index contributed by atoms with van der Waals surface area (Å²) in [5.74, 6) is -0.213. The fraction of sp³-hybridized carbons (Fsp3) is 0.500. The van der Waals surface area contributed by atoms with E-state index in [0.717, 1.165) is 12.3 Å². The normalized spacial score (nSPS) is 15.1. The third kappa shape index (κ3) is 4.95. The molecule has 1 aliphatic carbocycles. The van der Waals surface area contributed by atoms with Crippen LogP contribution in [0.4, 0.5) is 11.4 Å². The number of nitrogen functional groups attached to an aromatic ring is 1. The van der Waals surface area contributed by atoms with Crippen molar-refractivity contribution in [2.45, 2.75) is 38.6 Å². The predicted octanol–water partition coefficient (Wildman–Crippen LogP) is 2.07. The summed E-state index contributed by atoms with van der Waals surface area (Å²) in [6.45, 7) is 2.46. The van der Waals surface area contributed by atoms with Gasteiger partial charge in [0.1, 0.15) is 0 Å². The molecule has 0 aromatic heterocycles. The number of carbonyl (C=O) groups is 2. The van der Waals surface area contributed by atoms with E-state index in [9.17, 15) is 9.59 Å². The molecule has 0 spiro atoms. The summed E-state index contributed by atoms with van der Waals surface area (Å²) in [6, 6.07) is 4.78. The third-order valence-electron chi connectivity index (χ3n) is 3.73. The topological polar surface area (TPSA) is 104 Å². The van der Waals surface area contributed by atoms with E-state index in [4.69, 9.17) is 10.8 Å². The Hall–Kier alpha value is -2.24. The molecular formula is C16H23N3O3. The Bertz CT molecular complexity index is 556. The van der Waals surface area contributed by atoms with Gasteiger partial charge in [0, 0.05) is 18.2 Å². The van der Waals surface area contributed by atoms with Crippen molar-refractivity contribution in [3.63, 3.8) is 0 Å². The number of carboxylic acid groups (broad SMARTS) is 1. The van der Waals surface area contributed by atoms with Crippen LogP contribution in [0.1, 0.15) is 43.0 Å². The van der Waals surface area contributed by atoms with Crippen molar-refractivity contribution < 1.29 is 14.7 Å². The smallest absolute Gasteiger partial charge is 0.305 e. The molecule has 0 heterocycles. The van der Waals surface area contributed by atoms with E-state index in [1.54, 1.807) is 25.1 Å². The highest BCUT2D eigenvalue weighted by Gasteiger charge is 2.20. The van der Waals surface area contributed by atoms with E-state index < -0.39 is 5.97 Å². The van der Waals surface area contributed by atoms with Crippen molar-refractivity contribution in [1.82, 2.24) is 5.32 Å². The number of benzene rings is 1. The number of nitrogens with two attached hydrogens (primary N) is 1. The van der Waals surface area contributed by atoms with Crippen LogP contribution >= 0.6 is 0 Å². The van der Waals surface area contributed by atoms with Crippen molar-refractivity contribution in [3.05, 3.63) is 23.8 Å². The number of hydrogen-bond donors (Lipinski definition) is 4. The summed E-state index contributed by atoms with van der Waals surface area (Å²) in [6.07, 6.45) is 3.59. The van der Waals surface area contributed by atoms with Gasteiger partial charge in [-0.3, -0.25) is 9.59 Å². The molecule has 1 fully saturated rings. The molecule has 2 rings (SSSR count). The Labute approximate surface area is 130 Å². The maximum Gasteiger partial charge on any atom is 0.305 e. The van der Waals surface area contributed by atoms with E-state index >= 15 is 0 Å². The highest BCUT2D eigenvalue weighted by atomic mass is 16.4. The molecule has 1 aromatic carbocycles. The molecule has 0 radical (unpaired) electrons. The van der Waals surface area contributed by atoms with Crippen molar-refractivity contribution >= 4 is 23.3 Å². The maximum atomic E-state index is 12.0. The number of nitrogens with one attached hydrogen (secondary N) is 2. The molecule has 1 aromatic rings. The predicted molar refractivity (Wildman–Crippen MR) is 85.9 cm³/mol. The van der Waals surface area contributed by atoms with Gasteiger partial charge in [0.05, 0.1) is 17.8 Å². The summed E-state index contributed by atoms with van der Waals surface area (Å²) >= 11 is 0. The lowest BCUT2D eigenvalue weighted by molar-refractivity contribution is -0.137. The quantitative estimate of drug-likeness (QED) is 0.550. The van der Waals surface area contributed by atoms with Gasteiger partial charge in [0.2, 0.25) is 0 Å². The van der Waals surface area contributed by atoms with E-state index in [-0.39, 0.29) is 18.4 Å². The van der Waals surface area contributed by atoms with Crippen LogP contribution in [-0.2, 0) is 4.79 Å². The zero-order chi connectivity index (χ0) is 16.1. The van der Waals surface area contributed by atoms with Crippen LogP contribution in [0.25, 0.3) is 0 Å². The molecular weight excluding hydrogens is 282 g/mol. The summed E-state index contributed by atoms with van der Waals surface area (Å²) in [5, 5.41) is 14.7. The molecule has 1 atom stereocenters. The van der Waals surface area contributed by atoms with Crippen molar-refractivity contribution in [2.75, 3.05) is 17.6 Å². The Morgan fingerprint density at radius 2 is 2.14 bits per heavy atom. The first-order valence-corrected chi connectivity index (χ1v) is 7.61. The zero-order valence-electron chi connectivity index (χ0n) is 12.8. The molecule has 120 valence electrons. The molecule has 1 saturated carbocycles. The summed E-state index contributed by atoms with van der Waals surface area (Å²) in [5.41, 5.74) is 7.53. The standard InChI is InChI=1S/C16H23N3O3/c1-10(8-15(20)21)19-14-5-4-12(9-13(14)17)16(22)18-7-6-11-2-3-11/h4-5,9-11,19H,2-3,6-8,17H2,1H3,(H,18,22)(H,20,21)/t10-/m0/s1. The molecule has 0 unspecified atom stereocenters. The Morgan fingerprint density at radius 3 is 2.73 bits per heavy atom. The molecule has 1 aliphatic rings. The molecule has 0 bridgehead atoms. The molecule has 22 heavy (non-hydrogen) atoms. The fourth-order valence-electron chi connectivity index (χ4n) is 2.31. The number of hydrogen-bond acceptors (Lipinski definition) is 4. The van der Waals surface area contributed by atoms with Crippen molar-refractivity contribution in [3.8, 4) is 0 Å². The van der Waals surface area contributed by atoms with E-state index in [2.05, 4.69) is 10.6 Å². The second-order valence-corrected chi connectivity index (χ2v) is 5.93. The minimum absolute atomic E-state index is 0.00282. The van der Waals surface area contributed by atoms with Gasteiger partial charge >= 0.3 is 5.97 Å². The lowest BCUT2D eigenvalue weighted by Crippen LogP contribution is -2.25. The number of rotatable bonds is 8. The fourth-order valence-corrected chi connectivity index (χ4v) is 2.31. The van der Waals surface area contributed by atoms with Gasteiger partial charge < -0.3 is 21.5 Å². The van der Waals surface area contributed by atoms with E-state index in [1.807, 2.05) is 0 Å². The average molecular weight is 305 g/mol. The van der Waals surface area contributed by atoms with E-state index in [1.165, 1.54) is 12.8 Å². The molecule has 5 N–H and O–H groups in total. The second kappa shape index (κ2) is 7.15. The van der Waals surface area contributed by atoms with Crippen LogP contribution in [0.5, 0.6) is 0 Å². The first kappa shape index (κ1) is 16.1. The van der Waals surface area contributed by atoms with Crippen LogP contribution in [-0.4, -0.2) is 29.6 Å². The molecule has 6 nitrogen and oxygen atoms in total. The molecule has 0 aliphatic heterocycles. The second-order valence-electron chi connectivity index (χ2n) is 5.93. The van der Waals surface area contributed by atoms with Gasteiger partial charge in [-0.05, 0) is 37.5 Å². The number of amides is 1. The Balaban J connectivity index is 1.89. The SMILES string of the molecule is C[C@@H](CC(=O)O)Nc1ccc(C(=O)NCCC2CC2)cc1N.